The molecule has 1 aromatic heterocycles. The van der Waals surface area contributed by atoms with Crippen molar-refractivity contribution in [3.05, 3.63) is 35.3 Å². The van der Waals surface area contributed by atoms with E-state index in [4.69, 9.17) is 10.5 Å². The number of aromatic nitrogens is 2. The van der Waals surface area contributed by atoms with Crippen LogP contribution in [0.5, 0.6) is 5.75 Å². The molecule has 1 heterocycles. The van der Waals surface area contributed by atoms with Crippen molar-refractivity contribution in [1.82, 2.24) is 10.2 Å². The highest BCUT2D eigenvalue weighted by Crippen LogP contribution is 2.39. The summed E-state index contributed by atoms with van der Waals surface area (Å²) in [4.78, 5) is 0. The zero-order valence-corrected chi connectivity index (χ0v) is 12.6. The van der Waals surface area contributed by atoms with Gasteiger partial charge < -0.3 is 10.5 Å². The fraction of sp³-hybridized carbons (Fsp3) is 0.385. The van der Waals surface area contributed by atoms with Gasteiger partial charge in [0.2, 0.25) is 0 Å². The maximum Gasteiger partial charge on any atom is 0.174 e. The molecule has 6 heteroatoms. The van der Waals surface area contributed by atoms with Crippen molar-refractivity contribution in [2.24, 2.45) is 5.73 Å². The Bertz CT molecular complexity index is 504. The van der Waals surface area contributed by atoms with Crippen molar-refractivity contribution < 1.29 is 4.74 Å². The number of methoxy groups -OCH3 is 1. The molecular formula is C13H17N3OS2. The van der Waals surface area contributed by atoms with E-state index in [1.807, 2.05) is 18.2 Å². The van der Waals surface area contributed by atoms with E-state index in [-0.39, 0.29) is 11.3 Å². The molecule has 0 bridgehead atoms. The summed E-state index contributed by atoms with van der Waals surface area (Å²) in [5.41, 5.74) is 9.15. The van der Waals surface area contributed by atoms with Crippen LogP contribution in [-0.4, -0.2) is 23.3 Å². The highest BCUT2D eigenvalue weighted by molar-refractivity contribution is 8.01. The number of benzene rings is 1. The van der Waals surface area contributed by atoms with Gasteiger partial charge in [-0.25, -0.2) is 0 Å². The average molecular weight is 295 g/mol. The number of nitrogens with zero attached hydrogens (tertiary/aromatic N) is 2. The molecule has 4 nitrogen and oxygen atoms in total. The quantitative estimate of drug-likeness (QED) is 0.830. The monoisotopic (exact) mass is 295 g/mol. The first-order valence-corrected chi connectivity index (χ1v) is 7.83. The van der Waals surface area contributed by atoms with E-state index in [1.54, 1.807) is 24.4 Å². The predicted molar refractivity (Wildman–Crippen MR) is 79.8 cm³/mol. The average Bonchev–Trinajstić information content (AvgIpc) is 2.97. The summed E-state index contributed by atoms with van der Waals surface area (Å²) >= 11 is 3.20. The Morgan fingerprint density at radius 3 is 2.95 bits per heavy atom. The zero-order chi connectivity index (χ0) is 13.7. The maximum atomic E-state index is 6.25. The fourth-order valence-electron chi connectivity index (χ4n) is 1.76. The van der Waals surface area contributed by atoms with Gasteiger partial charge in [0, 0.05) is 6.04 Å². The van der Waals surface area contributed by atoms with E-state index in [2.05, 4.69) is 23.2 Å². The van der Waals surface area contributed by atoms with Crippen LogP contribution >= 0.6 is 23.1 Å². The molecule has 0 saturated carbocycles. The molecule has 0 saturated heterocycles. The van der Waals surface area contributed by atoms with Crippen molar-refractivity contribution in [2.75, 3.05) is 7.11 Å². The summed E-state index contributed by atoms with van der Waals surface area (Å²) in [5.74, 6) is 0.851. The summed E-state index contributed by atoms with van der Waals surface area (Å²) in [7, 11) is 1.67. The molecule has 2 atom stereocenters. The third-order valence-electron chi connectivity index (χ3n) is 2.85. The number of thioether (sulfide) groups is 1. The lowest BCUT2D eigenvalue weighted by molar-refractivity contribution is 0.414. The van der Waals surface area contributed by atoms with Gasteiger partial charge in [-0.3, -0.25) is 0 Å². The Kier molecular flexibility index (Phi) is 5.18. The summed E-state index contributed by atoms with van der Waals surface area (Å²) in [6.45, 7) is 2.10. The number of hydrogen-bond donors (Lipinski definition) is 1. The van der Waals surface area contributed by atoms with Gasteiger partial charge in [0.25, 0.3) is 0 Å². The molecule has 19 heavy (non-hydrogen) atoms. The SMILES string of the molecule is CCC(N)C(Sc1nncs1)c1cccc(OC)c1. The third-order valence-corrected chi connectivity index (χ3v) is 5.07. The first-order valence-electron chi connectivity index (χ1n) is 6.07. The zero-order valence-electron chi connectivity index (χ0n) is 10.9. The van der Waals surface area contributed by atoms with Crippen LogP contribution in [0.15, 0.2) is 34.1 Å². The summed E-state index contributed by atoms with van der Waals surface area (Å²) in [6.07, 6.45) is 0.910. The van der Waals surface area contributed by atoms with Gasteiger partial charge in [0.1, 0.15) is 11.3 Å². The van der Waals surface area contributed by atoms with Crippen LogP contribution in [0.2, 0.25) is 0 Å². The molecule has 2 N–H and O–H groups in total. The maximum absolute atomic E-state index is 6.25. The molecule has 0 aliphatic carbocycles. The van der Waals surface area contributed by atoms with Gasteiger partial charge >= 0.3 is 0 Å². The molecular weight excluding hydrogens is 278 g/mol. The van der Waals surface area contributed by atoms with Crippen LogP contribution in [0.3, 0.4) is 0 Å². The first-order chi connectivity index (χ1) is 9.24. The molecule has 0 aliphatic heterocycles. The highest BCUT2D eigenvalue weighted by Gasteiger charge is 2.21. The number of hydrogen-bond acceptors (Lipinski definition) is 6. The van der Waals surface area contributed by atoms with Gasteiger partial charge in [-0.05, 0) is 24.1 Å². The molecule has 1 aromatic carbocycles. The van der Waals surface area contributed by atoms with Crippen LogP contribution in [0.1, 0.15) is 24.2 Å². The van der Waals surface area contributed by atoms with Gasteiger partial charge in [0.05, 0.1) is 12.4 Å². The standard InChI is InChI=1S/C13H17N3OS2/c1-3-11(14)12(19-13-16-15-8-18-13)9-5-4-6-10(7-9)17-2/h4-8,11-12H,3,14H2,1-2H3. The fourth-order valence-corrected chi connectivity index (χ4v) is 3.66. The number of ether oxygens (including phenoxy) is 1. The van der Waals surface area contributed by atoms with Crippen molar-refractivity contribution in [2.45, 2.75) is 29.0 Å². The molecule has 0 fully saturated rings. The minimum absolute atomic E-state index is 0.0704. The second kappa shape index (κ2) is 6.88. The van der Waals surface area contributed by atoms with E-state index in [9.17, 15) is 0 Å². The Morgan fingerprint density at radius 1 is 1.47 bits per heavy atom. The molecule has 102 valence electrons. The minimum atomic E-state index is 0.0704. The molecule has 0 radical (unpaired) electrons. The first kappa shape index (κ1) is 14.3. The lowest BCUT2D eigenvalue weighted by atomic mass is 10.0. The minimum Gasteiger partial charge on any atom is -0.497 e. The third kappa shape index (κ3) is 3.68. The van der Waals surface area contributed by atoms with Crippen LogP contribution in [0.25, 0.3) is 0 Å². The van der Waals surface area contributed by atoms with E-state index in [1.165, 1.54) is 11.3 Å². The molecule has 2 unspecified atom stereocenters. The van der Waals surface area contributed by atoms with Crippen LogP contribution < -0.4 is 10.5 Å². The van der Waals surface area contributed by atoms with Crippen LogP contribution in [-0.2, 0) is 0 Å². The smallest absolute Gasteiger partial charge is 0.174 e. The normalized spacial score (nSPS) is 14.1. The van der Waals surface area contributed by atoms with Crippen molar-refractivity contribution in [3.8, 4) is 5.75 Å². The van der Waals surface area contributed by atoms with Crippen LogP contribution in [0, 0.1) is 0 Å². The van der Waals surface area contributed by atoms with E-state index in [0.717, 1.165) is 22.1 Å². The molecule has 0 amide bonds. The van der Waals surface area contributed by atoms with E-state index < -0.39 is 0 Å². The van der Waals surface area contributed by atoms with Gasteiger partial charge in [-0.1, -0.05) is 42.2 Å². The second-order valence-corrected chi connectivity index (χ2v) is 6.31. The second-order valence-electron chi connectivity index (χ2n) is 4.09. The predicted octanol–water partition coefficient (Wildman–Crippen LogP) is 3.12. The van der Waals surface area contributed by atoms with Gasteiger partial charge in [0.15, 0.2) is 4.34 Å². The molecule has 2 rings (SSSR count). The Hall–Kier alpha value is -1.11. The highest BCUT2D eigenvalue weighted by atomic mass is 32.2. The van der Waals surface area contributed by atoms with E-state index >= 15 is 0 Å². The molecule has 0 aliphatic rings. The topological polar surface area (TPSA) is 61.0 Å². The number of nitrogens with two attached hydrogens (primary N) is 1. The van der Waals surface area contributed by atoms with Gasteiger partial charge in [-0.15, -0.1) is 10.2 Å². The molecule has 0 spiro atoms. The summed E-state index contributed by atoms with van der Waals surface area (Å²) in [5, 5.41) is 8.12. The summed E-state index contributed by atoms with van der Waals surface area (Å²) in [6, 6.07) is 8.11. The lowest BCUT2D eigenvalue weighted by Crippen LogP contribution is -2.25. The van der Waals surface area contributed by atoms with Crippen molar-refractivity contribution in [3.63, 3.8) is 0 Å². The van der Waals surface area contributed by atoms with Crippen molar-refractivity contribution in [1.29, 1.82) is 0 Å². The van der Waals surface area contributed by atoms with Crippen LogP contribution in [0.4, 0.5) is 0 Å². The Balaban J connectivity index is 2.25. The van der Waals surface area contributed by atoms with Crippen molar-refractivity contribution >= 4 is 23.1 Å². The summed E-state index contributed by atoms with van der Waals surface area (Å²) < 4.78 is 6.22. The van der Waals surface area contributed by atoms with E-state index in [0.29, 0.717) is 0 Å². The van der Waals surface area contributed by atoms with Gasteiger partial charge in [-0.2, -0.15) is 0 Å². The largest absolute Gasteiger partial charge is 0.497 e. The lowest BCUT2D eigenvalue weighted by Gasteiger charge is -2.22. The number of rotatable bonds is 6. The Morgan fingerprint density at radius 2 is 2.32 bits per heavy atom. The molecule has 2 aromatic rings. The Labute approximate surface area is 121 Å².